The van der Waals surface area contributed by atoms with Crippen molar-refractivity contribution in [2.75, 3.05) is 0 Å². The van der Waals surface area contributed by atoms with E-state index in [2.05, 4.69) is 4.98 Å². The first-order valence-electron chi connectivity index (χ1n) is 7.62. The van der Waals surface area contributed by atoms with Crippen molar-refractivity contribution in [3.63, 3.8) is 0 Å². The molecule has 0 aliphatic rings. The number of aromatic amines is 1. The molecule has 0 saturated heterocycles. The fraction of sp³-hybridized carbons (Fsp3) is 0.353. The molecule has 0 aliphatic heterocycles. The lowest BCUT2D eigenvalue weighted by atomic mass is 9.91. The van der Waals surface area contributed by atoms with Crippen LogP contribution in [0.5, 0.6) is 0 Å². The number of hydrogen-bond acceptors (Lipinski definition) is 3. The summed E-state index contributed by atoms with van der Waals surface area (Å²) in [7, 11) is 0. The van der Waals surface area contributed by atoms with Gasteiger partial charge in [0.15, 0.2) is 5.78 Å². The first-order valence-corrected chi connectivity index (χ1v) is 7.62. The zero-order valence-electron chi connectivity index (χ0n) is 13.0. The maximum atomic E-state index is 12.0. The lowest BCUT2D eigenvalue weighted by Gasteiger charge is -2.14. The van der Waals surface area contributed by atoms with Gasteiger partial charge in [-0.2, -0.15) is 0 Å². The monoisotopic (exact) mass is 331 g/mol. The summed E-state index contributed by atoms with van der Waals surface area (Å²) < 4.78 is 0. The van der Waals surface area contributed by atoms with Gasteiger partial charge in [-0.15, -0.1) is 0 Å². The number of fused-ring (bicyclic) bond motifs is 1. The molecule has 1 aromatic heterocycles. The summed E-state index contributed by atoms with van der Waals surface area (Å²) >= 11 is 0. The van der Waals surface area contributed by atoms with Crippen molar-refractivity contribution < 1.29 is 24.6 Å². The van der Waals surface area contributed by atoms with Gasteiger partial charge in [-0.05, 0) is 24.5 Å². The average molecular weight is 331 g/mol. The van der Waals surface area contributed by atoms with Crippen LogP contribution in [0.15, 0.2) is 30.5 Å². The molecule has 2 aromatic rings. The number of para-hydroxylation sites is 1. The van der Waals surface area contributed by atoms with Crippen LogP contribution in [0.3, 0.4) is 0 Å². The molecule has 0 spiro atoms. The Morgan fingerprint density at radius 2 is 1.88 bits per heavy atom. The normalized spacial score (nSPS) is 13.5. The highest BCUT2D eigenvalue weighted by atomic mass is 16.4. The molecule has 0 amide bonds. The van der Waals surface area contributed by atoms with Crippen LogP contribution in [-0.4, -0.2) is 39.0 Å². The number of nitrogens with one attached hydrogen (secondary N) is 2. The summed E-state index contributed by atoms with van der Waals surface area (Å²) in [6.45, 7) is 0. The van der Waals surface area contributed by atoms with Gasteiger partial charge in [0.25, 0.3) is 0 Å². The molecule has 7 nitrogen and oxygen atoms in total. The Bertz CT molecular complexity index is 752. The number of aromatic nitrogens is 1. The predicted octanol–water partition coefficient (Wildman–Crippen LogP) is 1.89. The van der Waals surface area contributed by atoms with E-state index >= 15 is 0 Å². The Kier molecular flexibility index (Phi) is 5.70. The third-order valence-corrected chi connectivity index (χ3v) is 3.97. The number of Topliss-reactive ketones (excluding diaryl/α,β-unsaturated/α-hetero) is 1. The van der Waals surface area contributed by atoms with Gasteiger partial charge in [0.05, 0.1) is 12.0 Å². The summed E-state index contributed by atoms with van der Waals surface area (Å²) in [5.41, 5.74) is 9.37. The number of carboxylic acids is 2. The average Bonchev–Trinajstić information content (AvgIpc) is 2.94. The zero-order valence-corrected chi connectivity index (χ0v) is 13.0. The summed E-state index contributed by atoms with van der Waals surface area (Å²) in [4.78, 5) is 37.0. The minimum Gasteiger partial charge on any atom is -0.481 e. The number of ketones is 1. The van der Waals surface area contributed by atoms with Crippen molar-refractivity contribution in [3.05, 3.63) is 36.0 Å². The summed E-state index contributed by atoms with van der Waals surface area (Å²) in [5.74, 6) is -3.65. The highest BCUT2D eigenvalue weighted by molar-refractivity contribution is 5.89. The minimum atomic E-state index is -1.20. The van der Waals surface area contributed by atoms with Crippen molar-refractivity contribution >= 4 is 28.6 Å². The van der Waals surface area contributed by atoms with Crippen LogP contribution >= 0.6 is 0 Å². The van der Waals surface area contributed by atoms with Gasteiger partial charge in [-0.1, -0.05) is 18.2 Å². The second-order valence-electron chi connectivity index (χ2n) is 5.75. The van der Waals surface area contributed by atoms with Crippen molar-refractivity contribution in [2.45, 2.75) is 31.7 Å². The van der Waals surface area contributed by atoms with Crippen LogP contribution in [0.25, 0.3) is 10.9 Å². The highest BCUT2D eigenvalue weighted by Gasteiger charge is 2.26. The fourth-order valence-corrected chi connectivity index (χ4v) is 2.63. The molecule has 0 unspecified atom stereocenters. The van der Waals surface area contributed by atoms with Crippen LogP contribution in [-0.2, 0) is 20.8 Å². The Hall–Kier alpha value is -2.67. The zero-order chi connectivity index (χ0) is 17.7. The van der Waals surface area contributed by atoms with E-state index in [4.69, 9.17) is 10.8 Å². The van der Waals surface area contributed by atoms with E-state index in [-0.39, 0.29) is 25.7 Å². The Morgan fingerprint density at radius 3 is 2.54 bits per heavy atom. The first kappa shape index (κ1) is 17.7. The Morgan fingerprint density at radius 1 is 1.17 bits per heavy atom. The molecule has 2 rings (SSSR count). The van der Waals surface area contributed by atoms with Gasteiger partial charge in [-0.3, -0.25) is 14.4 Å². The third kappa shape index (κ3) is 4.42. The van der Waals surface area contributed by atoms with E-state index in [1.54, 1.807) is 6.20 Å². The number of carbonyl (C=O) groups excluding carboxylic acids is 1. The molecule has 1 radical (unpaired) electrons. The molecule has 0 aliphatic carbocycles. The van der Waals surface area contributed by atoms with Crippen molar-refractivity contribution in [2.24, 2.45) is 5.92 Å². The number of H-pyrrole nitrogens is 1. The van der Waals surface area contributed by atoms with Gasteiger partial charge in [0.2, 0.25) is 0 Å². The van der Waals surface area contributed by atoms with Gasteiger partial charge in [0.1, 0.15) is 0 Å². The summed E-state index contributed by atoms with van der Waals surface area (Å²) in [6.07, 6.45) is 1.25. The van der Waals surface area contributed by atoms with Gasteiger partial charge >= 0.3 is 11.9 Å². The van der Waals surface area contributed by atoms with E-state index < -0.39 is 29.7 Å². The molecular weight excluding hydrogens is 312 g/mol. The van der Waals surface area contributed by atoms with Gasteiger partial charge < -0.3 is 15.2 Å². The highest BCUT2D eigenvalue weighted by Crippen LogP contribution is 2.23. The Labute approximate surface area is 138 Å². The number of benzene rings is 1. The molecule has 127 valence electrons. The van der Waals surface area contributed by atoms with Gasteiger partial charge in [0, 0.05) is 29.9 Å². The fourth-order valence-electron chi connectivity index (χ4n) is 2.63. The molecular formula is C17H19N2O5. The van der Waals surface area contributed by atoms with E-state index in [1.807, 2.05) is 24.3 Å². The van der Waals surface area contributed by atoms with Crippen molar-refractivity contribution in [1.29, 1.82) is 0 Å². The molecule has 24 heavy (non-hydrogen) atoms. The number of hydrogen-bond donors (Lipinski definition) is 3. The van der Waals surface area contributed by atoms with Crippen LogP contribution in [0.1, 0.15) is 24.8 Å². The molecule has 7 heteroatoms. The van der Waals surface area contributed by atoms with Crippen molar-refractivity contribution in [1.82, 2.24) is 10.7 Å². The SMILES string of the molecule is [NH][C@H](CCC(=O)O)C(=O)C[C@H](Cc1c[nH]c2ccccc12)C(=O)O. The van der Waals surface area contributed by atoms with Crippen LogP contribution in [0, 0.1) is 5.92 Å². The smallest absolute Gasteiger partial charge is 0.307 e. The second-order valence-corrected chi connectivity index (χ2v) is 5.75. The molecule has 4 N–H and O–H groups in total. The van der Waals surface area contributed by atoms with Gasteiger partial charge in [-0.25, -0.2) is 5.73 Å². The molecule has 1 aromatic carbocycles. The van der Waals surface area contributed by atoms with E-state index in [9.17, 15) is 19.5 Å². The molecule has 0 bridgehead atoms. The van der Waals surface area contributed by atoms with E-state index in [0.717, 1.165) is 16.5 Å². The Balaban J connectivity index is 2.05. The molecule has 0 saturated carbocycles. The third-order valence-electron chi connectivity index (χ3n) is 3.97. The standard InChI is InChI=1S/C17H19N2O5/c18-13(5-6-16(21)22)15(20)8-10(17(23)24)7-11-9-19-14-4-2-1-3-12(11)14/h1-4,9-10,13,18-19H,5-8H2,(H,21,22)(H,23,24)/t10-,13+/m0/s1. The quantitative estimate of drug-likeness (QED) is 0.645. The maximum absolute atomic E-state index is 12.0. The lowest BCUT2D eigenvalue weighted by Crippen LogP contribution is -2.29. The predicted molar refractivity (Wildman–Crippen MR) is 86.5 cm³/mol. The second kappa shape index (κ2) is 7.74. The van der Waals surface area contributed by atoms with Crippen molar-refractivity contribution in [3.8, 4) is 0 Å². The number of aliphatic carboxylic acids is 2. The topological polar surface area (TPSA) is 131 Å². The van der Waals surface area contributed by atoms with Crippen LogP contribution < -0.4 is 5.73 Å². The molecule has 0 fully saturated rings. The summed E-state index contributed by atoms with van der Waals surface area (Å²) in [5, 5.41) is 18.9. The largest absolute Gasteiger partial charge is 0.481 e. The molecule has 1 heterocycles. The molecule has 2 atom stereocenters. The minimum absolute atomic E-state index is 0.104. The summed E-state index contributed by atoms with van der Waals surface area (Å²) in [6, 6.07) is 6.28. The van der Waals surface area contributed by atoms with E-state index in [1.165, 1.54) is 0 Å². The maximum Gasteiger partial charge on any atom is 0.307 e. The number of carbonyl (C=O) groups is 3. The van der Waals surface area contributed by atoms with Crippen LogP contribution in [0.2, 0.25) is 0 Å². The van der Waals surface area contributed by atoms with Crippen LogP contribution in [0.4, 0.5) is 0 Å². The number of carboxylic acid groups (broad SMARTS) is 2. The lowest BCUT2D eigenvalue weighted by molar-refractivity contribution is -0.144. The van der Waals surface area contributed by atoms with E-state index in [0.29, 0.717) is 0 Å². The first-order chi connectivity index (χ1) is 11.4. The number of rotatable bonds is 9.